The molecule has 1 N–H and O–H groups in total. The minimum Gasteiger partial charge on any atom is -0.494 e. The summed E-state index contributed by atoms with van der Waals surface area (Å²) in [6.45, 7) is 3.97. The number of amides is 2. The lowest BCUT2D eigenvalue weighted by molar-refractivity contribution is -0.126. The molecule has 0 bridgehead atoms. The van der Waals surface area contributed by atoms with Crippen LogP contribution in [-0.4, -0.2) is 34.7 Å². The average molecular weight is 418 g/mol. The Morgan fingerprint density at radius 3 is 2.61 bits per heavy atom. The first-order valence-electron chi connectivity index (χ1n) is 10.5. The van der Waals surface area contributed by atoms with Gasteiger partial charge in [-0.2, -0.15) is 5.10 Å². The van der Waals surface area contributed by atoms with Gasteiger partial charge in [0, 0.05) is 37.6 Å². The fourth-order valence-corrected chi connectivity index (χ4v) is 3.80. The SMILES string of the molecule is CCOc1ccc(N2C[C@@H](C(=O)NCc3ccccc3Cn3cccn3)CC2=O)cc1. The molecule has 0 saturated carbocycles. The fraction of sp³-hybridized carbons (Fsp3) is 0.292. The van der Waals surface area contributed by atoms with E-state index < -0.39 is 0 Å². The van der Waals surface area contributed by atoms with Crippen LogP contribution < -0.4 is 15.0 Å². The first-order chi connectivity index (χ1) is 15.1. The molecule has 0 unspecified atom stereocenters. The van der Waals surface area contributed by atoms with Crippen molar-refractivity contribution >= 4 is 17.5 Å². The topological polar surface area (TPSA) is 76.5 Å². The van der Waals surface area contributed by atoms with Crippen LogP contribution in [0.2, 0.25) is 0 Å². The molecule has 1 aliphatic rings. The third-order valence-electron chi connectivity index (χ3n) is 5.42. The van der Waals surface area contributed by atoms with E-state index in [-0.39, 0.29) is 24.2 Å². The Kier molecular flexibility index (Phi) is 6.31. The van der Waals surface area contributed by atoms with Gasteiger partial charge in [-0.3, -0.25) is 14.3 Å². The number of nitrogens with one attached hydrogen (secondary N) is 1. The van der Waals surface area contributed by atoms with Gasteiger partial charge in [0.25, 0.3) is 0 Å². The molecule has 1 atom stereocenters. The fourth-order valence-electron chi connectivity index (χ4n) is 3.80. The van der Waals surface area contributed by atoms with Crippen molar-refractivity contribution in [2.75, 3.05) is 18.1 Å². The van der Waals surface area contributed by atoms with Crippen molar-refractivity contribution in [3.63, 3.8) is 0 Å². The summed E-state index contributed by atoms with van der Waals surface area (Å²) in [5, 5.41) is 7.26. The zero-order valence-corrected chi connectivity index (χ0v) is 17.5. The highest BCUT2D eigenvalue weighted by molar-refractivity contribution is 6.00. The van der Waals surface area contributed by atoms with E-state index in [1.165, 1.54) is 0 Å². The highest BCUT2D eigenvalue weighted by atomic mass is 16.5. The number of ether oxygens (including phenoxy) is 1. The van der Waals surface area contributed by atoms with E-state index in [1.54, 1.807) is 11.1 Å². The summed E-state index contributed by atoms with van der Waals surface area (Å²) in [6, 6.07) is 17.3. The van der Waals surface area contributed by atoms with Gasteiger partial charge in [-0.05, 0) is 48.4 Å². The average Bonchev–Trinajstić information content (AvgIpc) is 3.43. The van der Waals surface area contributed by atoms with Crippen LogP contribution in [0.1, 0.15) is 24.5 Å². The molecule has 7 nitrogen and oxygen atoms in total. The third-order valence-corrected chi connectivity index (χ3v) is 5.42. The lowest BCUT2D eigenvalue weighted by atomic mass is 10.1. The number of anilines is 1. The first-order valence-corrected chi connectivity index (χ1v) is 10.5. The summed E-state index contributed by atoms with van der Waals surface area (Å²) in [7, 11) is 0. The van der Waals surface area contributed by atoms with Crippen LogP contribution in [0.3, 0.4) is 0 Å². The van der Waals surface area contributed by atoms with E-state index in [0.717, 1.165) is 22.6 Å². The number of benzene rings is 2. The van der Waals surface area contributed by atoms with Crippen molar-refractivity contribution in [3.05, 3.63) is 78.1 Å². The van der Waals surface area contributed by atoms with Crippen molar-refractivity contribution in [2.45, 2.75) is 26.4 Å². The van der Waals surface area contributed by atoms with Gasteiger partial charge in [-0.1, -0.05) is 24.3 Å². The minimum absolute atomic E-state index is 0.0385. The summed E-state index contributed by atoms with van der Waals surface area (Å²) in [4.78, 5) is 27.0. The van der Waals surface area contributed by atoms with Crippen LogP contribution in [0.15, 0.2) is 67.0 Å². The van der Waals surface area contributed by atoms with E-state index in [0.29, 0.717) is 26.2 Å². The first kappa shape index (κ1) is 20.7. The second-order valence-electron chi connectivity index (χ2n) is 7.52. The molecule has 0 spiro atoms. The van der Waals surface area contributed by atoms with E-state index >= 15 is 0 Å². The molecule has 4 rings (SSSR count). The molecule has 1 fully saturated rings. The Morgan fingerprint density at radius 2 is 1.90 bits per heavy atom. The summed E-state index contributed by atoms with van der Waals surface area (Å²) in [6.07, 6.45) is 3.88. The lowest BCUT2D eigenvalue weighted by Gasteiger charge is -2.17. The van der Waals surface area contributed by atoms with Crippen LogP contribution in [0, 0.1) is 5.92 Å². The Bertz CT molecular complexity index is 1030. The standard InChI is InChI=1S/C24H26N4O3/c1-2-31-22-10-8-21(9-11-22)28-17-20(14-23(28)29)24(30)25-15-18-6-3-4-7-19(18)16-27-13-5-12-26-27/h3-13,20H,2,14-17H2,1H3,(H,25,30)/t20-/m0/s1. The van der Waals surface area contributed by atoms with Gasteiger partial charge >= 0.3 is 0 Å². The maximum absolute atomic E-state index is 12.8. The molecule has 0 radical (unpaired) electrons. The van der Waals surface area contributed by atoms with Crippen molar-refractivity contribution in [2.24, 2.45) is 5.92 Å². The number of rotatable bonds is 8. The molecule has 2 aromatic carbocycles. The van der Waals surface area contributed by atoms with E-state index in [2.05, 4.69) is 10.4 Å². The Balaban J connectivity index is 1.36. The van der Waals surface area contributed by atoms with Gasteiger partial charge in [0.05, 0.1) is 19.1 Å². The summed E-state index contributed by atoms with van der Waals surface area (Å²) >= 11 is 0. The Labute approximate surface area is 181 Å². The number of hydrogen-bond acceptors (Lipinski definition) is 4. The number of carbonyl (C=O) groups excluding carboxylic acids is 2. The smallest absolute Gasteiger partial charge is 0.227 e. The van der Waals surface area contributed by atoms with Gasteiger partial charge in [0.2, 0.25) is 11.8 Å². The van der Waals surface area contributed by atoms with Crippen LogP contribution in [0.4, 0.5) is 5.69 Å². The molecule has 7 heteroatoms. The van der Waals surface area contributed by atoms with Crippen LogP contribution >= 0.6 is 0 Å². The normalized spacial score (nSPS) is 15.8. The lowest BCUT2D eigenvalue weighted by Crippen LogP contribution is -2.32. The molecule has 0 aliphatic carbocycles. The van der Waals surface area contributed by atoms with E-state index in [4.69, 9.17) is 4.74 Å². The molecular formula is C24H26N4O3. The number of nitrogens with zero attached hydrogens (tertiary/aromatic N) is 3. The van der Waals surface area contributed by atoms with Crippen LogP contribution in [0.25, 0.3) is 0 Å². The maximum atomic E-state index is 12.8. The van der Waals surface area contributed by atoms with Crippen LogP contribution in [0.5, 0.6) is 5.75 Å². The monoisotopic (exact) mass is 418 g/mol. The van der Waals surface area contributed by atoms with Gasteiger partial charge in [-0.25, -0.2) is 0 Å². The largest absolute Gasteiger partial charge is 0.494 e. The molecule has 1 saturated heterocycles. The summed E-state index contributed by atoms with van der Waals surface area (Å²) in [5.74, 6) is 0.261. The van der Waals surface area contributed by atoms with E-state index in [1.807, 2.05) is 72.4 Å². The molecule has 2 amide bonds. The van der Waals surface area contributed by atoms with Gasteiger partial charge in [-0.15, -0.1) is 0 Å². The van der Waals surface area contributed by atoms with Crippen molar-refractivity contribution in [3.8, 4) is 5.75 Å². The zero-order chi connectivity index (χ0) is 21.6. The Hall–Kier alpha value is -3.61. The number of aromatic nitrogens is 2. The predicted octanol–water partition coefficient (Wildman–Crippen LogP) is 3.00. The van der Waals surface area contributed by atoms with Crippen molar-refractivity contribution in [1.82, 2.24) is 15.1 Å². The number of carbonyl (C=O) groups is 2. The molecule has 160 valence electrons. The quantitative estimate of drug-likeness (QED) is 0.610. The minimum atomic E-state index is -0.364. The van der Waals surface area contributed by atoms with Gasteiger partial charge in [0.1, 0.15) is 5.75 Å². The summed E-state index contributed by atoms with van der Waals surface area (Å²) in [5.41, 5.74) is 2.93. The molecule has 2 heterocycles. The highest BCUT2D eigenvalue weighted by Crippen LogP contribution is 2.27. The van der Waals surface area contributed by atoms with Gasteiger partial charge in [0.15, 0.2) is 0 Å². The molecule has 1 aromatic heterocycles. The molecule has 3 aromatic rings. The predicted molar refractivity (Wildman–Crippen MR) is 118 cm³/mol. The molecular weight excluding hydrogens is 392 g/mol. The van der Waals surface area contributed by atoms with Crippen molar-refractivity contribution < 1.29 is 14.3 Å². The van der Waals surface area contributed by atoms with Gasteiger partial charge < -0.3 is 15.0 Å². The Morgan fingerprint density at radius 1 is 1.13 bits per heavy atom. The maximum Gasteiger partial charge on any atom is 0.227 e. The zero-order valence-electron chi connectivity index (χ0n) is 17.5. The second kappa shape index (κ2) is 9.47. The van der Waals surface area contributed by atoms with Crippen molar-refractivity contribution in [1.29, 1.82) is 0 Å². The third kappa shape index (κ3) is 4.94. The molecule has 31 heavy (non-hydrogen) atoms. The summed E-state index contributed by atoms with van der Waals surface area (Å²) < 4.78 is 7.31. The number of hydrogen-bond donors (Lipinski definition) is 1. The highest BCUT2D eigenvalue weighted by Gasteiger charge is 2.35. The second-order valence-corrected chi connectivity index (χ2v) is 7.52. The molecule has 1 aliphatic heterocycles. The van der Waals surface area contributed by atoms with E-state index in [9.17, 15) is 9.59 Å². The van der Waals surface area contributed by atoms with Crippen LogP contribution in [-0.2, 0) is 22.7 Å².